The molecule has 0 bridgehead atoms. The molecule has 0 saturated carbocycles. The molecule has 2 aromatic rings. The molecule has 0 aliphatic carbocycles. The lowest BCUT2D eigenvalue weighted by Crippen LogP contribution is -2.29. The molecule has 1 heterocycles. The van der Waals surface area contributed by atoms with Crippen LogP contribution < -0.4 is 0 Å². The Hall–Kier alpha value is -1.68. The van der Waals surface area contributed by atoms with Crippen LogP contribution in [0.15, 0.2) is 30.3 Å². The zero-order valence-electron chi connectivity index (χ0n) is 12.2. The van der Waals surface area contributed by atoms with E-state index in [1.54, 1.807) is 12.1 Å². The van der Waals surface area contributed by atoms with E-state index in [-0.39, 0.29) is 5.82 Å². The van der Waals surface area contributed by atoms with Crippen LogP contribution in [-0.2, 0) is 18.6 Å². The number of hydrogen-bond acceptors (Lipinski definition) is 2. The number of aryl methyl sites for hydroxylation is 2. The second kappa shape index (κ2) is 5.75. The van der Waals surface area contributed by atoms with Gasteiger partial charge in [-0.1, -0.05) is 19.1 Å². The Kier molecular flexibility index (Phi) is 4.23. The summed E-state index contributed by atoms with van der Waals surface area (Å²) in [7, 11) is 0. The SMILES string of the molecule is CCn1nc(C)cc1CC(O)(CC)c1cccc(F)c1. The third-order valence-electron chi connectivity index (χ3n) is 3.71. The molecule has 0 saturated heterocycles. The average molecular weight is 276 g/mol. The van der Waals surface area contributed by atoms with Crippen LogP contribution in [0.5, 0.6) is 0 Å². The van der Waals surface area contributed by atoms with Crippen molar-refractivity contribution in [2.45, 2.75) is 45.8 Å². The highest BCUT2D eigenvalue weighted by molar-refractivity contribution is 5.26. The van der Waals surface area contributed by atoms with Gasteiger partial charge >= 0.3 is 0 Å². The lowest BCUT2D eigenvalue weighted by atomic mass is 9.86. The van der Waals surface area contributed by atoms with Crippen molar-refractivity contribution in [1.82, 2.24) is 9.78 Å². The van der Waals surface area contributed by atoms with Gasteiger partial charge in [0.05, 0.1) is 11.3 Å². The van der Waals surface area contributed by atoms with Gasteiger partial charge in [-0.05, 0) is 44.0 Å². The molecule has 1 aromatic carbocycles. The third kappa shape index (κ3) is 2.90. The van der Waals surface area contributed by atoms with Gasteiger partial charge in [0.2, 0.25) is 0 Å². The lowest BCUT2D eigenvalue weighted by Gasteiger charge is -2.27. The van der Waals surface area contributed by atoms with Gasteiger partial charge in [-0.15, -0.1) is 0 Å². The van der Waals surface area contributed by atoms with E-state index in [9.17, 15) is 9.50 Å². The minimum atomic E-state index is -1.07. The number of benzene rings is 1. The maximum absolute atomic E-state index is 13.4. The topological polar surface area (TPSA) is 38.0 Å². The van der Waals surface area contributed by atoms with Crippen molar-refractivity contribution in [3.8, 4) is 0 Å². The van der Waals surface area contributed by atoms with Gasteiger partial charge in [0.1, 0.15) is 5.82 Å². The van der Waals surface area contributed by atoms with Crippen LogP contribution in [0.2, 0.25) is 0 Å². The highest BCUT2D eigenvalue weighted by Gasteiger charge is 2.29. The van der Waals surface area contributed by atoms with E-state index in [1.165, 1.54) is 12.1 Å². The van der Waals surface area contributed by atoms with Gasteiger partial charge in [-0.25, -0.2) is 4.39 Å². The predicted octanol–water partition coefficient (Wildman–Crippen LogP) is 3.19. The average Bonchev–Trinajstić information content (AvgIpc) is 2.78. The van der Waals surface area contributed by atoms with Crippen molar-refractivity contribution in [3.05, 3.63) is 53.1 Å². The molecule has 0 radical (unpaired) electrons. The van der Waals surface area contributed by atoms with Crippen molar-refractivity contribution in [2.75, 3.05) is 0 Å². The first-order chi connectivity index (χ1) is 9.48. The lowest BCUT2D eigenvalue weighted by molar-refractivity contribution is 0.0304. The first-order valence-electron chi connectivity index (χ1n) is 7.00. The van der Waals surface area contributed by atoms with Crippen LogP contribution in [-0.4, -0.2) is 14.9 Å². The van der Waals surface area contributed by atoms with Gasteiger partial charge in [0.15, 0.2) is 0 Å². The monoisotopic (exact) mass is 276 g/mol. The van der Waals surface area contributed by atoms with E-state index in [4.69, 9.17) is 0 Å². The Morgan fingerprint density at radius 3 is 2.65 bits per heavy atom. The van der Waals surface area contributed by atoms with Crippen LogP contribution in [0.25, 0.3) is 0 Å². The van der Waals surface area contributed by atoms with Crippen molar-refractivity contribution in [3.63, 3.8) is 0 Å². The van der Waals surface area contributed by atoms with E-state index in [1.807, 2.05) is 31.5 Å². The van der Waals surface area contributed by atoms with Gasteiger partial charge in [-0.2, -0.15) is 5.10 Å². The molecule has 0 fully saturated rings. The maximum atomic E-state index is 13.4. The van der Waals surface area contributed by atoms with Crippen LogP contribution in [0, 0.1) is 12.7 Å². The molecule has 1 aromatic heterocycles. The van der Waals surface area contributed by atoms with Crippen molar-refractivity contribution < 1.29 is 9.50 Å². The zero-order chi connectivity index (χ0) is 14.8. The fraction of sp³-hybridized carbons (Fsp3) is 0.438. The molecule has 108 valence electrons. The number of halogens is 1. The Morgan fingerprint density at radius 1 is 1.30 bits per heavy atom. The molecule has 1 N–H and O–H groups in total. The summed E-state index contributed by atoms with van der Waals surface area (Å²) in [6, 6.07) is 8.17. The summed E-state index contributed by atoms with van der Waals surface area (Å²) < 4.78 is 15.3. The molecule has 0 aliphatic heterocycles. The van der Waals surface area contributed by atoms with Gasteiger partial charge in [-0.3, -0.25) is 4.68 Å². The van der Waals surface area contributed by atoms with Crippen LogP contribution >= 0.6 is 0 Å². The number of nitrogens with zero attached hydrogens (tertiary/aromatic N) is 2. The summed E-state index contributed by atoms with van der Waals surface area (Å²) in [5.74, 6) is -0.324. The Balaban J connectivity index is 2.36. The zero-order valence-corrected chi connectivity index (χ0v) is 12.2. The third-order valence-corrected chi connectivity index (χ3v) is 3.71. The summed E-state index contributed by atoms with van der Waals surface area (Å²) in [6.45, 7) is 6.61. The quantitative estimate of drug-likeness (QED) is 0.910. The number of aromatic nitrogens is 2. The van der Waals surface area contributed by atoms with E-state index < -0.39 is 5.60 Å². The number of rotatable bonds is 5. The summed E-state index contributed by atoms with van der Waals surface area (Å²) >= 11 is 0. The normalized spacial score (nSPS) is 14.2. The highest BCUT2D eigenvalue weighted by Crippen LogP contribution is 2.29. The molecule has 3 nitrogen and oxygen atoms in total. The minimum absolute atomic E-state index is 0.324. The Morgan fingerprint density at radius 2 is 2.05 bits per heavy atom. The van der Waals surface area contributed by atoms with Gasteiger partial charge in [0, 0.05) is 18.7 Å². The van der Waals surface area contributed by atoms with Crippen molar-refractivity contribution in [1.29, 1.82) is 0 Å². The van der Waals surface area contributed by atoms with Crippen LogP contribution in [0.4, 0.5) is 4.39 Å². The van der Waals surface area contributed by atoms with Crippen molar-refractivity contribution >= 4 is 0 Å². The standard InChI is InChI=1S/C16H21FN2O/c1-4-16(20,13-7-6-8-14(17)10-13)11-15-9-12(3)18-19(15)5-2/h6-10,20H,4-5,11H2,1-3H3. The van der Waals surface area contributed by atoms with E-state index in [0.717, 1.165) is 17.9 Å². The summed E-state index contributed by atoms with van der Waals surface area (Å²) in [4.78, 5) is 0. The molecule has 1 unspecified atom stereocenters. The van der Waals surface area contributed by atoms with Crippen molar-refractivity contribution in [2.24, 2.45) is 0 Å². The second-order valence-electron chi connectivity index (χ2n) is 5.17. The molecule has 4 heteroatoms. The van der Waals surface area contributed by atoms with Crippen LogP contribution in [0.3, 0.4) is 0 Å². The predicted molar refractivity (Wildman–Crippen MR) is 76.9 cm³/mol. The molecule has 0 amide bonds. The Labute approximate surface area is 119 Å². The maximum Gasteiger partial charge on any atom is 0.123 e. The Bertz CT molecular complexity index is 594. The number of hydrogen-bond donors (Lipinski definition) is 1. The molecule has 1 atom stereocenters. The number of aliphatic hydroxyl groups is 1. The molecular formula is C16H21FN2O. The minimum Gasteiger partial charge on any atom is -0.385 e. The summed E-state index contributed by atoms with van der Waals surface area (Å²) in [5, 5.41) is 15.3. The molecule has 0 aliphatic rings. The molecule has 20 heavy (non-hydrogen) atoms. The van der Waals surface area contributed by atoms with E-state index in [2.05, 4.69) is 5.10 Å². The fourth-order valence-corrected chi connectivity index (χ4v) is 2.52. The largest absolute Gasteiger partial charge is 0.385 e. The molecule has 2 rings (SSSR count). The summed E-state index contributed by atoms with van der Waals surface area (Å²) in [5.41, 5.74) is 1.45. The highest BCUT2D eigenvalue weighted by atomic mass is 19.1. The van der Waals surface area contributed by atoms with Crippen LogP contribution in [0.1, 0.15) is 37.2 Å². The van der Waals surface area contributed by atoms with E-state index in [0.29, 0.717) is 18.4 Å². The first kappa shape index (κ1) is 14.7. The molecular weight excluding hydrogens is 255 g/mol. The summed E-state index contributed by atoms with van der Waals surface area (Å²) in [6.07, 6.45) is 0.950. The van der Waals surface area contributed by atoms with Gasteiger partial charge in [0.25, 0.3) is 0 Å². The smallest absolute Gasteiger partial charge is 0.123 e. The first-order valence-corrected chi connectivity index (χ1v) is 7.00. The molecule has 0 spiro atoms. The fourth-order valence-electron chi connectivity index (χ4n) is 2.52. The second-order valence-corrected chi connectivity index (χ2v) is 5.17. The van der Waals surface area contributed by atoms with Gasteiger partial charge < -0.3 is 5.11 Å². The van der Waals surface area contributed by atoms with E-state index >= 15 is 0 Å².